The lowest BCUT2D eigenvalue weighted by atomic mass is 10.1. The number of thiazole rings is 1. The molecule has 1 saturated carbocycles. The predicted molar refractivity (Wildman–Crippen MR) is 91.3 cm³/mol. The van der Waals surface area contributed by atoms with Crippen molar-refractivity contribution in [1.82, 2.24) is 9.88 Å². The first-order chi connectivity index (χ1) is 10.7. The van der Waals surface area contributed by atoms with Crippen molar-refractivity contribution in [3.63, 3.8) is 0 Å². The first-order valence-electron chi connectivity index (χ1n) is 7.76. The molecule has 4 rings (SSSR count). The SMILES string of the molecule is Cc1csc(N2CCN(C(=O)c3sccc3C3CC3)CC2)n1. The van der Waals surface area contributed by atoms with Crippen LogP contribution >= 0.6 is 22.7 Å². The monoisotopic (exact) mass is 333 g/mol. The molecule has 3 heterocycles. The Morgan fingerprint density at radius 3 is 2.64 bits per heavy atom. The second-order valence-electron chi connectivity index (χ2n) is 6.03. The van der Waals surface area contributed by atoms with Crippen molar-refractivity contribution in [2.24, 2.45) is 0 Å². The summed E-state index contributed by atoms with van der Waals surface area (Å²) in [4.78, 5) is 22.6. The zero-order chi connectivity index (χ0) is 15.1. The number of aryl methyl sites for hydroxylation is 1. The molecule has 4 nitrogen and oxygen atoms in total. The van der Waals surface area contributed by atoms with Crippen LogP contribution in [0.2, 0.25) is 0 Å². The predicted octanol–water partition coefficient (Wildman–Crippen LogP) is 3.35. The van der Waals surface area contributed by atoms with Crippen LogP contribution in [0.4, 0.5) is 5.13 Å². The lowest BCUT2D eigenvalue weighted by Crippen LogP contribution is -2.48. The molecule has 0 unspecified atom stereocenters. The maximum atomic E-state index is 12.8. The summed E-state index contributed by atoms with van der Waals surface area (Å²) in [6, 6.07) is 2.14. The quantitative estimate of drug-likeness (QED) is 0.864. The van der Waals surface area contributed by atoms with E-state index in [2.05, 4.69) is 26.7 Å². The molecule has 2 fully saturated rings. The molecule has 0 aromatic carbocycles. The minimum Gasteiger partial charge on any atom is -0.345 e. The number of thiophene rings is 1. The fourth-order valence-corrected chi connectivity index (χ4v) is 4.75. The fraction of sp³-hybridized carbons (Fsp3) is 0.500. The van der Waals surface area contributed by atoms with Crippen LogP contribution in [0.15, 0.2) is 16.8 Å². The van der Waals surface area contributed by atoms with Crippen LogP contribution in [0.5, 0.6) is 0 Å². The van der Waals surface area contributed by atoms with Crippen molar-refractivity contribution in [2.45, 2.75) is 25.7 Å². The van der Waals surface area contributed by atoms with E-state index in [0.717, 1.165) is 41.9 Å². The number of nitrogens with zero attached hydrogens (tertiary/aromatic N) is 3. The van der Waals surface area contributed by atoms with Gasteiger partial charge in [0.1, 0.15) is 0 Å². The lowest BCUT2D eigenvalue weighted by molar-refractivity contribution is 0.0750. The van der Waals surface area contributed by atoms with E-state index < -0.39 is 0 Å². The Kier molecular flexibility index (Phi) is 3.66. The Bertz CT molecular complexity index is 681. The first kappa shape index (κ1) is 14.2. The molecule has 116 valence electrons. The highest BCUT2D eigenvalue weighted by Crippen LogP contribution is 2.43. The van der Waals surface area contributed by atoms with Gasteiger partial charge in [-0.05, 0) is 42.7 Å². The lowest BCUT2D eigenvalue weighted by Gasteiger charge is -2.34. The van der Waals surface area contributed by atoms with Crippen molar-refractivity contribution in [2.75, 3.05) is 31.1 Å². The summed E-state index contributed by atoms with van der Waals surface area (Å²) in [6.45, 7) is 5.36. The Hall–Kier alpha value is -1.40. The smallest absolute Gasteiger partial charge is 0.264 e. The van der Waals surface area contributed by atoms with Gasteiger partial charge in [-0.15, -0.1) is 22.7 Å². The summed E-state index contributed by atoms with van der Waals surface area (Å²) in [5.41, 5.74) is 2.36. The van der Waals surface area contributed by atoms with Gasteiger partial charge in [0.25, 0.3) is 5.91 Å². The second kappa shape index (κ2) is 5.66. The average molecular weight is 333 g/mol. The third kappa shape index (κ3) is 2.65. The Balaban J connectivity index is 1.42. The zero-order valence-corrected chi connectivity index (χ0v) is 14.3. The van der Waals surface area contributed by atoms with Crippen molar-refractivity contribution < 1.29 is 4.79 Å². The molecular weight excluding hydrogens is 314 g/mol. The summed E-state index contributed by atoms with van der Waals surface area (Å²) in [5.74, 6) is 0.872. The molecule has 2 aliphatic rings. The van der Waals surface area contributed by atoms with Gasteiger partial charge in [0.15, 0.2) is 5.13 Å². The maximum Gasteiger partial charge on any atom is 0.264 e. The molecule has 1 saturated heterocycles. The van der Waals surface area contributed by atoms with E-state index in [1.807, 2.05) is 11.8 Å². The number of anilines is 1. The van der Waals surface area contributed by atoms with Crippen molar-refractivity contribution in [3.8, 4) is 0 Å². The van der Waals surface area contributed by atoms with Crippen molar-refractivity contribution >= 4 is 33.7 Å². The number of rotatable bonds is 3. The second-order valence-corrected chi connectivity index (χ2v) is 7.78. The molecule has 1 aliphatic carbocycles. The fourth-order valence-electron chi connectivity index (χ4n) is 2.94. The molecule has 1 aliphatic heterocycles. The van der Waals surface area contributed by atoms with Gasteiger partial charge in [-0.3, -0.25) is 4.79 Å². The molecule has 0 N–H and O–H groups in total. The first-order valence-corrected chi connectivity index (χ1v) is 9.52. The number of amides is 1. The number of piperazine rings is 1. The molecule has 0 radical (unpaired) electrons. The third-order valence-corrected chi connectivity index (χ3v) is 6.29. The van der Waals surface area contributed by atoms with Gasteiger partial charge in [0, 0.05) is 31.6 Å². The summed E-state index contributed by atoms with van der Waals surface area (Å²) >= 11 is 3.30. The number of aromatic nitrogens is 1. The molecular formula is C16H19N3OS2. The van der Waals surface area contributed by atoms with Crippen LogP contribution in [-0.2, 0) is 0 Å². The number of hydrogen-bond acceptors (Lipinski definition) is 5. The van der Waals surface area contributed by atoms with Crippen LogP contribution in [0, 0.1) is 6.92 Å². The highest BCUT2D eigenvalue weighted by molar-refractivity contribution is 7.13. The van der Waals surface area contributed by atoms with E-state index in [1.54, 1.807) is 22.7 Å². The summed E-state index contributed by atoms with van der Waals surface area (Å²) in [7, 11) is 0. The number of carbonyl (C=O) groups is 1. The van der Waals surface area contributed by atoms with Gasteiger partial charge in [-0.1, -0.05) is 0 Å². The standard InChI is InChI=1S/C16H19N3OS2/c1-11-10-22-16(17-11)19-7-5-18(6-8-19)15(20)14-13(4-9-21-14)12-2-3-12/h4,9-10,12H,2-3,5-8H2,1H3. The largest absolute Gasteiger partial charge is 0.345 e. The normalized spacial score (nSPS) is 18.8. The third-order valence-electron chi connectivity index (χ3n) is 4.35. The zero-order valence-electron chi connectivity index (χ0n) is 12.6. The summed E-state index contributed by atoms with van der Waals surface area (Å²) in [6.07, 6.45) is 2.49. The Morgan fingerprint density at radius 1 is 1.23 bits per heavy atom. The van der Waals surface area contributed by atoms with Crippen LogP contribution in [-0.4, -0.2) is 42.0 Å². The molecule has 1 amide bonds. The molecule has 0 bridgehead atoms. The molecule has 0 atom stereocenters. The van der Waals surface area contributed by atoms with Gasteiger partial charge in [-0.25, -0.2) is 4.98 Å². The van der Waals surface area contributed by atoms with Crippen LogP contribution in [0.25, 0.3) is 0 Å². The molecule has 6 heteroatoms. The number of hydrogen-bond donors (Lipinski definition) is 0. The van der Waals surface area contributed by atoms with Crippen molar-refractivity contribution in [1.29, 1.82) is 0 Å². The molecule has 0 spiro atoms. The van der Waals surface area contributed by atoms with Crippen LogP contribution in [0.1, 0.15) is 39.7 Å². The van der Waals surface area contributed by atoms with Gasteiger partial charge in [-0.2, -0.15) is 0 Å². The average Bonchev–Trinajstić information content (AvgIpc) is 3.10. The van der Waals surface area contributed by atoms with E-state index in [4.69, 9.17) is 0 Å². The van der Waals surface area contributed by atoms with Gasteiger partial charge < -0.3 is 9.80 Å². The molecule has 2 aromatic rings. The van der Waals surface area contributed by atoms with E-state index in [9.17, 15) is 4.79 Å². The van der Waals surface area contributed by atoms with Crippen LogP contribution in [0.3, 0.4) is 0 Å². The van der Waals surface area contributed by atoms with Crippen molar-refractivity contribution in [3.05, 3.63) is 33.0 Å². The maximum absolute atomic E-state index is 12.8. The topological polar surface area (TPSA) is 36.4 Å². The van der Waals surface area contributed by atoms with E-state index in [1.165, 1.54) is 18.4 Å². The van der Waals surface area contributed by atoms with Crippen LogP contribution < -0.4 is 4.90 Å². The van der Waals surface area contributed by atoms with Gasteiger partial charge >= 0.3 is 0 Å². The van der Waals surface area contributed by atoms with E-state index >= 15 is 0 Å². The molecule has 2 aromatic heterocycles. The molecule has 22 heavy (non-hydrogen) atoms. The minimum atomic E-state index is 0.229. The Labute approximate surface area is 138 Å². The highest BCUT2D eigenvalue weighted by Gasteiger charge is 2.31. The number of carbonyl (C=O) groups excluding carboxylic acids is 1. The van der Waals surface area contributed by atoms with E-state index in [-0.39, 0.29) is 5.91 Å². The van der Waals surface area contributed by atoms with Gasteiger partial charge in [0.05, 0.1) is 10.6 Å². The van der Waals surface area contributed by atoms with Gasteiger partial charge in [0.2, 0.25) is 0 Å². The highest BCUT2D eigenvalue weighted by atomic mass is 32.1. The summed E-state index contributed by atoms with van der Waals surface area (Å²) < 4.78 is 0. The van der Waals surface area contributed by atoms with E-state index in [0.29, 0.717) is 5.92 Å². The Morgan fingerprint density at radius 2 is 2.00 bits per heavy atom. The summed E-state index contributed by atoms with van der Waals surface area (Å²) in [5, 5.41) is 5.23. The minimum absolute atomic E-state index is 0.229.